The van der Waals surface area contributed by atoms with Gasteiger partial charge in [0.05, 0.1) is 31.9 Å². The van der Waals surface area contributed by atoms with E-state index in [2.05, 4.69) is 50.7 Å². The number of nitrogens with zero attached hydrogens (tertiary/aromatic N) is 14. The Labute approximate surface area is 219 Å². The largest absolute Gasteiger partial charge is 0.442 e. The first-order valence-electron chi connectivity index (χ1n) is 11.3. The first-order chi connectivity index (χ1) is 18.4. The second-order valence-corrected chi connectivity index (χ2v) is 8.90. The maximum Gasteiger partial charge on any atom is 0.410 e. The van der Waals surface area contributed by atoms with Crippen molar-refractivity contribution in [2.45, 2.75) is 36.0 Å². The van der Waals surface area contributed by atoms with Gasteiger partial charge in [-0.1, -0.05) is 32.1 Å². The van der Waals surface area contributed by atoms with E-state index in [4.69, 9.17) is 38.5 Å². The molecule has 3 aliphatic heterocycles. The summed E-state index contributed by atoms with van der Waals surface area (Å²) in [4.78, 5) is 39.8. The Morgan fingerprint density at radius 3 is 2.18 bits per heavy atom. The first kappa shape index (κ1) is 27.9. The minimum absolute atomic E-state index is 0.111. The number of halogens is 1. The highest BCUT2D eigenvalue weighted by molar-refractivity contribution is 6.21. The molecule has 0 bridgehead atoms. The maximum absolute atomic E-state index is 13.0. The Morgan fingerprint density at radius 2 is 1.63 bits per heavy atom. The van der Waals surface area contributed by atoms with Crippen molar-refractivity contribution in [1.29, 1.82) is 0 Å². The van der Waals surface area contributed by atoms with E-state index in [-0.39, 0.29) is 31.6 Å². The molecule has 0 aromatic carbocycles. The van der Waals surface area contributed by atoms with Crippen molar-refractivity contribution in [3.8, 4) is 0 Å². The molecular weight excluding hydrogens is 524 g/mol. The standard InChI is InChI=1S/C18H23ClN16O3/c19-14-2-1-12-15(29-14)35(13(7-24-30-20)16(36)28-12)11-3-5-34(6-4-11)17(37)38-18(8-25-31-21,9-26-32-22)10-27-33-23/h1-2,11,13-14,29H,3-10H2,(H,28,36)/t13-,14?/m1/s1. The van der Waals surface area contributed by atoms with Gasteiger partial charge in [0.25, 0.3) is 0 Å². The van der Waals surface area contributed by atoms with Crippen LogP contribution < -0.4 is 10.6 Å². The molecule has 0 saturated carbocycles. The van der Waals surface area contributed by atoms with E-state index in [1.807, 2.05) is 4.90 Å². The van der Waals surface area contributed by atoms with Gasteiger partial charge < -0.3 is 25.2 Å². The van der Waals surface area contributed by atoms with Gasteiger partial charge in [-0.3, -0.25) is 4.79 Å². The van der Waals surface area contributed by atoms with Gasteiger partial charge >= 0.3 is 6.09 Å². The van der Waals surface area contributed by atoms with Crippen LogP contribution in [-0.4, -0.2) is 84.3 Å². The zero-order valence-electron chi connectivity index (χ0n) is 19.9. The molecule has 2 amide bonds. The molecule has 0 aliphatic carbocycles. The zero-order valence-corrected chi connectivity index (χ0v) is 20.7. The summed E-state index contributed by atoms with van der Waals surface area (Å²) >= 11 is 6.25. The van der Waals surface area contributed by atoms with Crippen LogP contribution in [0.25, 0.3) is 41.8 Å². The van der Waals surface area contributed by atoms with Gasteiger partial charge in [-0.2, -0.15) is 0 Å². The van der Waals surface area contributed by atoms with E-state index in [1.165, 1.54) is 4.90 Å². The first-order valence-corrected chi connectivity index (χ1v) is 11.8. The highest BCUT2D eigenvalue weighted by Gasteiger charge is 2.42. The molecule has 1 unspecified atom stereocenters. The van der Waals surface area contributed by atoms with Crippen molar-refractivity contribution in [3.63, 3.8) is 0 Å². The molecule has 1 saturated heterocycles. The molecule has 20 heteroatoms. The topological polar surface area (TPSA) is 269 Å². The molecule has 3 heterocycles. The van der Waals surface area contributed by atoms with E-state index in [0.717, 1.165) is 0 Å². The summed E-state index contributed by atoms with van der Waals surface area (Å²) in [6.45, 7) is -0.907. The molecule has 3 aliphatic rings. The van der Waals surface area contributed by atoms with E-state index in [9.17, 15) is 9.59 Å². The minimum Gasteiger partial charge on any atom is -0.442 e. The third-order valence-corrected chi connectivity index (χ3v) is 6.37. The summed E-state index contributed by atoms with van der Waals surface area (Å²) in [7, 11) is 0. The fourth-order valence-electron chi connectivity index (χ4n) is 4.36. The van der Waals surface area contributed by atoms with Crippen LogP contribution in [-0.2, 0) is 9.53 Å². The van der Waals surface area contributed by atoms with Crippen LogP contribution in [0.3, 0.4) is 0 Å². The van der Waals surface area contributed by atoms with E-state index >= 15 is 0 Å². The van der Waals surface area contributed by atoms with Crippen molar-refractivity contribution in [3.05, 3.63) is 65.4 Å². The number of amides is 2. The Morgan fingerprint density at radius 1 is 1.05 bits per heavy atom. The van der Waals surface area contributed by atoms with Crippen molar-refractivity contribution in [2.24, 2.45) is 20.5 Å². The highest BCUT2D eigenvalue weighted by Crippen LogP contribution is 2.30. The third-order valence-electron chi connectivity index (χ3n) is 6.12. The number of nitrogens with one attached hydrogen (secondary N) is 2. The van der Waals surface area contributed by atoms with Crippen LogP contribution in [0.2, 0.25) is 0 Å². The molecule has 0 aromatic rings. The Kier molecular flexibility index (Phi) is 9.60. The lowest BCUT2D eigenvalue weighted by atomic mass is 9.98. The van der Waals surface area contributed by atoms with Gasteiger partial charge in [0, 0.05) is 38.8 Å². The highest BCUT2D eigenvalue weighted by atomic mass is 35.5. The summed E-state index contributed by atoms with van der Waals surface area (Å²) in [5.41, 5.74) is 33.4. The quantitative estimate of drug-likeness (QED) is 0.137. The fourth-order valence-corrected chi connectivity index (χ4v) is 4.53. The molecule has 2 atom stereocenters. The van der Waals surface area contributed by atoms with Crippen LogP contribution in [0.5, 0.6) is 0 Å². The van der Waals surface area contributed by atoms with Crippen molar-refractivity contribution in [1.82, 2.24) is 20.4 Å². The number of hydrogen-bond donors (Lipinski definition) is 2. The van der Waals surface area contributed by atoms with E-state index in [0.29, 0.717) is 24.4 Å². The Hall–Kier alpha value is -4.65. The number of carbonyl (C=O) groups is 2. The smallest absolute Gasteiger partial charge is 0.410 e. The molecule has 0 spiro atoms. The van der Waals surface area contributed by atoms with E-state index < -0.39 is 42.9 Å². The number of rotatable bonds is 10. The molecule has 19 nitrogen and oxygen atoms in total. The van der Waals surface area contributed by atoms with Crippen LogP contribution in [0.1, 0.15) is 12.8 Å². The second kappa shape index (κ2) is 13.1. The summed E-state index contributed by atoms with van der Waals surface area (Å²) in [6, 6.07) is -1.02. The van der Waals surface area contributed by atoms with Crippen molar-refractivity contribution in [2.75, 3.05) is 39.3 Å². The van der Waals surface area contributed by atoms with Crippen LogP contribution in [0.15, 0.2) is 44.1 Å². The Balaban J connectivity index is 1.77. The van der Waals surface area contributed by atoms with Crippen LogP contribution >= 0.6 is 11.6 Å². The van der Waals surface area contributed by atoms with Gasteiger partial charge in [-0.15, -0.1) is 0 Å². The van der Waals surface area contributed by atoms with Gasteiger partial charge in [0.2, 0.25) is 5.91 Å². The molecule has 0 radical (unpaired) electrons. The van der Waals surface area contributed by atoms with Crippen molar-refractivity contribution >= 4 is 23.6 Å². The van der Waals surface area contributed by atoms with Gasteiger partial charge in [-0.25, -0.2) is 4.79 Å². The summed E-state index contributed by atoms with van der Waals surface area (Å²) in [5.74, 6) is 0.250. The number of carbonyl (C=O) groups excluding carboxylic acids is 2. The lowest BCUT2D eigenvalue weighted by Gasteiger charge is -2.47. The summed E-state index contributed by atoms with van der Waals surface area (Å²) < 4.78 is 5.57. The number of dihydropyridines is 1. The van der Waals surface area contributed by atoms with Gasteiger partial charge in [-0.05, 0) is 47.1 Å². The number of piperidine rings is 1. The number of hydrogen-bond acceptors (Lipinski definition) is 9. The van der Waals surface area contributed by atoms with Gasteiger partial charge in [0.15, 0.2) is 0 Å². The van der Waals surface area contributed by atoms with Crippen molar-refractivity contribution < 1.29 is 14.3 Å². The zero-order chi connectivity index (χ0) is 27.5. The fraction of sp³-hybridized carbons (Fsp3) is 0.667. The summed E-state index contributed by atoms with van der Waals surface area (Å²) in [5, 5.41) is 19.8. The lowest BCUT2D eigenvalue weighted by Crippen LogP contribution is -2.61. The normalized spacial score (nSPS) is 22.2. The Bertz CT molecular complexity index is 1140. The molecule has 38 heavy (non-hydrogen) atoms. The molecule has 3 rings (SSSR count). The van der Waals surface area contributed by atoms with E-state index in [1.54, 1.807) is 12.2 Å². The molecular formula is C18H23ClN16O3. The monoisotopic (exact) mass is 546 g/mol. The molecule has 1 fully saturated rings. The minimum atomic E-state index is -1.66. The van der Waals surface area contributed by atoms with Gasteiger partial charge in [0.1, 0.15) is 23.0 Å². The average molecular weight is 547 g/mol. The predicted octanol–water partition coefficient (Wildman–Crippen LogP) is 3.26. The molecule has 200 valence electrons. The lowest BCUT2D eigenvalue weighted by molar-refractivity contribution is -0.127. The predicted molar refractivity (Wildman–Crippen MR) is 133 cm³/mol. The number of ether oxygens (including phenoxy) is 1. The number of alkyl halides is 1. The SMILES string of the molecule is [N-]=[N+]=NC[C@@H]1C(=O)NC2=C(NC(Cl)C=C2)N1C1CCN(C(=O)OC(CN=[N+]=[N-])(CN=[N+]=[N-])CN=[N+]=[N-])CC1. The second-order valence-electron chi connectivity index (χ2n) is 8.43. The number of azide groups is 4. The third kappa shape index (κ3) is 6.56. The number of allylic oxidation sites excluding steroid dienone is 1. The van der Waals surface area contributed by atoms with Crippen LogP contribution in [0.4, 0.5) is 4.79 Å². The number of likely N-dealkylation sites (tertiary alicyclic amines) is 1. The average Bonchev–Trinajstić information content (AvgIpc) is 2.92. The molecule has 2 N–H and O–H groups in total. The maximum atomic E-state index is 13.0. The molecule has 0 aromatic heterocycles. The summed E-state index contributed by atoms with van der Waals surface area (Å²) in [6.07, 6.45) is 3.43. The van der Waals surface area contributed by atoms with Crippen LogP contribution in [0, 0.1) is 0 Å².